The normalized spacial score (nSPS) is 30.3. The molecule has 0 amide bonds. The quantitative estimate of drug-likeness (QED) is 0.0530. The van der Waals surface area contributed by atoms with E-state index in [1.807, 2.05) is 62.2 Å². The highest BCUT2D eigenvalue weighted by Gasteiger charge is 2.66. The molecule has 5 heterocycles. The molecule has 62 heavy (non-hydrogen) atoms. The van der Waals surface area contributed by atoms with Crippen molar-refractivity contribution in [1.82, 2.24) is 35.2 Å². The van der Waals surface area contributed by atoms with Gasteiger partial charge in [-0.3, -0.25) is 10.1 Å². The Kier molecular flexibility index (Phi) is 12.4. The van der Waals surface area contributed by atoms with Gasteiger partial charge in [0.25, 0.3) is 0 Å². The number of rotatable bonds is 12. The van der Waals surface area contributed by atoms with E-state index in [-0.39, 0.29) is 33.8 Å². The molecule has 15 heteroatoms. The minimum atomic E-state index is -0.0617. The van der Waals surface area contributed by atoms with Gasteiger partial charge in [0.2, 0.25) is 11.0 Å². The first-order chi connectivity index (χ1) is 29.6. The highest BCUT2D eigenvalue weighted by Crippen LogP contribution is 2.72. The van der Waals surface area contributed by atoms with Crippen LogP contribution < -0.4 is 16.4 Å². The number of aliphatic imine (C=N–C) groups is 1. The lowest BCUT2D eigenvalue weighted by atomic mass is 9.39. The molecule has 6 N–H and O–H groups in total. The van der Waals surface area contributed by atoms with E-state index in [1.165, 1.54) is 69.4 Å². The SMILES string of the molecule is CC(/C(N)=N/c1nc2ccccc2s1)=C1\CCCN(C2=CC=C(c3cnn(CC45CC6(C)CC(C)(C4)CC(OCCN4CCCC4)(C6)C5)c3C)/C(=C(\O)NC(C)C)N2)C1=N.[B][B]. The first kappa shape index (κ1) is 44.3. The summed E-state index contributed by atoms with van der Waals surface area (Å²) >= 11 is 1.50. The predicted octanol–water partition coefficient (Wildman–Crippen LogP) is 7.90. The van der Waals surface area contributed by atoms with E-state index >= 15 is 0 Å². The summed E-state index contributed by atoms with van der Waals surface area (Å²) in [5.41, 5.74) is 13.2. The van der Waals surface area contributed by atoms with Crippen LogP contribution in [0.5, 0.6) is 0 Å². The van der Waals surface area contributed by atoms with Gasteiger partial charge in [-0.25, -0.2) is 9.98 Å². The number of dihydropyridines is 1. The lowest BCUT2D eigenvalue weighted by molar-refractivity contribution is -0.248. The fraction of sp³-hybridized carbons (Fsp3) is 0.574. The number of amidine groups is 2. The highest BCUT2D eigenvalue weighted by atomic mass is 32.1. The summed E-state index contributed by atoms with van der Waals surface area (Å²) in [4.78, 5) is 13.9. The number of ether oxygens (including phenoxy) is 1. The van der Waals surface area contributed by atoms with Gasteiger partial charge in [0.05, 0.1) is 28.6 Å². The largest absolute Gasteiger partial charge is 0.493 e. The molecule has 6 fully saturated rings. The predicted molar refractivity (Wildman–Crippen MR) is 254 cm³/mol. The van der Waals surface area contributed by atoms with Crippen LogP contribution in [0, 0.1) is 28.6 Å². The van der Waals surface area contributed by atoms with Crippen LogP contribution in [-0.2, 0) is 11.3 Å². The van der Waals surface area contributed by atoms with Crippen molar-refractivity contribution in [3.05, 3.63) is 82.4 Å². The first-order valence-corrected chi connectivity index (χ1v) is 23.3. The first-order valence-electron chi connectivity index (χ1n) is 22.5. The van der Waals surface area contributed by atoms with E-state index in [2.05, 4.69) is 72.5 Å². The van der Waals surface area contributed by atoms with Gasteiger partial charge in [-0.2, -0.15) is 5.10 Å². The molecule has 10 rings (SSSR count). The summed E-state index contributed by atoms with van der Waals surface area (Å²) in [5, 5.41) is 33.6. The topological polar surface area (TPSA) is 153 Å². The summed E-state index contributed by atoms with van der Waals surface area (Å²) in [7, 11) is 8.00. The fourth-order valence-electron chi connectivity index (χ4n) is 12.8. The molecule has 4 saturated carbocycles. The molecule has 4 bridgehead atoms. The lowest BCUT2D eigenvalue weighted by Gasteiger charge is -2.69. The molecule has 2 aromatic heterocycles. The van der Waals surface area contributed by atoms with Gasteiger partial charge < -0.3 is 36.0 Å². The second kappa shape index (κ2) is 17.3. The molecule has 4 aliphatic carbocycles. The van der Waals surface area contributed by atoms with Gasteiger partial charge in [-0.1, -0.05) is 37.3 Å². The molecule has 12 nitrogen and oxygen atoms in total. The third-order valence-corrected chi connectivity index (χ3v) is 15.1. The Balaban J connectivity index is 0.00000261. The van der Waals surface area contributed by atoms with Gasteiger partial charge in [0.1, 0.15) is 23.2 Å². The smallest absolute Gasteiger partial charge is 0.212 e. The molecule has 2 unspecified atom stereocenters. The zero-order valence-electron chi connectivity index (χ0n) is 37.6. The number of allylic oxidation sites excluding steroid dienone is 3. The average Bonchev–Trinajstić information content (AvgIpc) is 3.97. The van der Waals surface area contributed by atoms with Gasteiger partial charge in [0.15, 0.2) is 0 Å². The van der Waals surface area contributed by atoms with Crippen LogP contribution in [-0.4, -0.2) is 101 Å². The number of nitrogens with two attached hydrogens (primary N) is 1. The Morgan fingerprint density at radius 2 is 1.77 bits per heavy atom. The number of aliphatic hydroxyl groups is 1. The Morgan fingerprint density at radius 3 is 2.48 bits per heavy atom. The Morgan fingerprint density at radius 1 is 1.05 bits per heavy atom. The molecular weight excluding hydrogens is 790 g/mol. The van der Waals surface area contributed by atoms with Crippen molar-refractivity contribution in [2.45, 2.75) is 124 Å². The van der Waals surface area contributed by atoms with E-state index < -0.39 is 0 Å². The third-order valence-electron chi connectivity index (χ3n) is 14.1. The van der Waals surface area contributed by atoms with Crippen molar-refractivity contribution >= 4 is 59.4 Å². The van der Waals surface area contributed by atoms with E-state index in [4.69, 9.17) is 15.6 Å². The number of fused-ring (bicyclic) bond motifs is 1. The van der Waals surface area contributed by atoms with Gasteiger partial charge >= 0.3 is 0 Å². The molecule has 1 aromatic carbocycles. The number of thiazole rings is 1. The number of aromatic nitrogens is 3. The number of nitrogens with one attached hydrogen (secondary N) is 3. The van der Waals surface area contributed by atoms with Crippen molar-refractivity contribution in [3.63, 3.8) is 0 Å². The maximum atomic E-state index is 11.7. The van der Waals surface area contributed by atoms with Crippen molar-refractivity contribution in [2.24, 2.45) is 27.0 Å². The lowest BCUT2D eigenvalue weighted by Crippen LogP contribution is -2.64. The third kappa shape index (κ3) is 8.78. The fourth-order valence-corrected chi connectivity index (χ4v) is 13.6. The molecule has 2 saturated heterocycles. The maximum absolute atomic E-state index is 11.7. The molecule has 3 aromatic rings. The van der Waals surface area contributed by atoms with Crippen LogP contribution in [0.2, 0.25) is 0 Å². The minimum absolute atomic E-state index is 0.00518. The molecule has 7 aliphatic rings. The number of nitrogens with zero attached hydrogens (tertiary/aromatic N) is 6. The van der Waals surface area contributed by atoms with Crippen LogP contribution >= 0.6 is 11.3 Å². The van der Waals surface area contributed by atoms with E-state index in [1.54, 1.807) is 0 Å². The van der Waals surface area contributed by atoms with Crippen molar-refractivity contribution in [2.75, 3.05) is 32.8 Å². The van der Waals surface area contributed by atoms with Crippen molar-refractivity contribution in [3.8, 4) is 0 Å². The Hall–Kier alpha value is -4.33. The number of piperidine rings is 1. The molecule has 0 spiro atoms. The maximum Gasteiger partial charge on any atom is 0.212 e. The minimum Gasteiger partial charge on any atom is -0.493 e. The van der Waals surface area contributed by atoms with Crippen LogP contribution in [0.1, 0.15) is 110 Å². The summed E-state index contributed by atoms with van der Waals surface area (Å²) in [6.45, 7) is 19.0. The molecule has 3 aliphatic heterocycles. The zero-order chi connectivity index (χ0) is 44.0. The molecular formula is C47H64B2N10O2S. The molecule has 2 atom stereocenters. The van der Waals surface area contributed by atoms with Crippen LogP contribution in [0.25, 0.3) is 15.8 Å². The summed E-state index contributed by atoms with van der Waals surface area (Å²) in [6.07, 6.45) is 17.4. The zero-order valence-corrected chi connectivity index (χ0v) is 38.4. The number of likely N-dealkylation sites (tertiary alicyclic amines) is 2. The second-order valence-corrected chi connectivity index (χ2v) is 21.0. The van der Waals surface area contributed by atoms with E-state index in [0.717, 1.165) is 83.0 Å². The number of benzene rings is 1. The van der Waals surface area contributed by atoms with Gasteiger partial charge in [0, 0.05) is 63.6 Å². The number of para-hydroxylation sites is 1. The monoisotopic (exact) mass is 855 g/mol. The van der Waals surface area contributed by atoms with Crippen molar-refractivity contribution < 1.29 is 9.84 Å². The average molecular weight is 855 g/mol. The van der Waals surface area contributed by atoms with Crippen LogP contribution in [0.15, 0.2) is 76.2 Å². The van der Waals surface area contributed by atoms with E-state index in [9.17, 15) is 10.5 Å². The van der Waals surface area contributed by atoms with Crippen molar-refractivity contribution in [1.29, 1.82) is 5.41 Å². The Labute approximate surface area is 374 Å². The summed E-state index contributed by atoms with van der Waals surface area (Å²) < 4.78 is 10.4. The number of aliphatic hydroxyl groups excluding tert-OH is 1. The second-order valence-electron chi connectivity index (χ2n) is 20.0. The summed E-state index contributed by atoms with van der Waals surface area (Å²) in [6, 6.07) is 7.97. The van der Waals surface area contributed by atoms with Crippen LogP contribution in [0.4, 0.5) is 5.13 Å². The van der Waals surface area contributed by atoms with Crippen LogP contribution in [0.3, 0.4) is 0 Å². The molecule has 326 valence electrons. The number of hydrogen-bond donors (Lipinski definition) is 5. The highest BCUT2D eigenvalue weighted by molar-refractivity contribution is 7.22. The van der Waals surface area contributed by atoms with E-state index in [0.29, 0.717) is 29.0 Å². The van der Waals surface area contributed by atoms with Gasteiger partial charge in [-0.05, 0) is 151 Å². The van der Waals surface area contributed by atoms with Gasteiger partial charge in [-0.15, -0.1) is 0 Å². The molecule has 4 radical (unpaired) electrons. The standard InChI is InChI=1S/C47H64N10O2S.B2/c1-30(2)51-42(58)39-34(15-16-38(53-39)56-19-11-12-33(41(56)49)31(3)40(48)54-43-52-36-13-7-8-14-37(36)60-43)35-22-50-57(32(35)4)29-46-24-44(5)23-45(6,25-46)27-47(26-44,28-46)59-21-20-55-17-9-10-18-55;1-2/h7-8,13-16,22,30,49,51,53,58H,9-12,17-21,23-29H2,1-6H3,(H2,48,52,54);/b33-31-,42-39+,49-41?;. The number of hydrogen-bond acceptors (Lipinski definition) is 10. The summed E-state index contributed by atoms with van der Waals surface area (Å²) in [5.74, 6) is 1.52. The Bertz CT molecular complexity index is 2300.